The van der Waals surface area contributed by atoms with Gasteiger partial charge in [0.05, 0.1) is 12.5 Å². The quantitative estimate of drug-likeness (QED) is 0.407. The number of carbonyl (C=O) groups excluding carboxylic acids is 2. The van der Waals surface area contributed by atoms with Gasteiger partial charge in [-0.25, -0.2) is 17.4 Å². The molecule has 6 atom stereocenters. The van der Waals surface area contributed by atoms with E-state index in [0.29, 0.717) is 4.13 Å². The molecule has 0 aromatic carbocycles. The van der Waals surface area contributed by atoms with Gasteiger partial charge in [0.1, 0.15) is 12.2 Å². The Morgan fingerprint density at radius 3 is 2.45 bits per heavy atom. The fraction of sp³-hybridized carbons (Fsp3) is 0.714. The molecule has 3 aliphatic rings. The van der Waals surface area contributed by atoms with Crippen LogP contribution in [0.4, 0.5) is 13.2 Å². The van der Waals surface area contributed by atoms with E-state index in [1.54, 1.807) is 0 Å². The summed E-state index contributed by atoms with van der Waals surface area (Å²) in [5.74, 6) is -3.99. The Kier molecular flexibility index (Phi) is 5.25. The van der Waals surface area contributed by atoms with Crippen molar-refractivity contribution in [2.45, 2.75) is 31.1 Å². The topological polar surface area (TPSA) is 142 Å². The number of hydrogen-bond acceptors (Lipinski definition) is 9. The zero-order valence-electron chi connectivity index (χ0n) is 14.7. The van der Waals surface area contributed by atoms with Gasteiger partial charge in [-0.2, -0.15) is 21.6 Å². The molecule has 2 aliphatic carbocycles. The van der Waals surface area contributed by atoms with Gasteiger partial charge in [-0.3, -0.25) is 4.79 Å². The van der Waals surface area contributed by atoms with Crippen LogP contribution in [0.5, 0.6) is 0 Å². The van der Waals surface area contributed by atoms with Crippen molar-refractivity contribution in [2.24, 2.45) is 23.7 Å². The average Bonchev–Trinajstić information content (AvgIpc) is 3.13. The second-order valence-electron chi connectivity index (χ2n) is 7.08. The maximum Gasteiger partial charge on any atom is 0.512 e. The molecule has 0 amide bonds. The lowest BCUT2D eigenvalue weighted by molar-refractivity contribution is -0.147. The molecule has 3 fully saturated rings. The van der Waals surface area contributed by atoms with Crippen LogP contribution in [0.25, 0.3) is 0 Å². The van der Waals surface area contributed by atoms with E-state index in [4.69, 9.17) is 9.47 Å². The highest BCUT2D eigenvalue weighted by Crippen LogP contribution is 2.58. The molecular formula is C14H16F3NO9S2. The largest absolute Gasteiger partial charge is 0.512 e. The van der Waals surface area contributed by atoms with Gasteiger partial charge in [-0.05, 0) is 19.3 Å². The molecule has 164 valence electrons. The third-order valence-corrected chi connectivity index (χ3v) is 8.00. The molecule has 0 spiro atoms. The monoisotopic (exact) mass is 463 g/mol. The van der Waals surface area contributed by atoms with Crippen molar-refractivity contribution in [2.75, 3.05) is 6.61 Å². The molecule has 29 heavy (non-hydrogen) atoms. The van der Waals surface area contributed by atoms with E-state index >= 15 is 0 Å². The van der Waals surface area contributed by atoms with Crippen molar-refractivity contribution >= 4 is 32.3 Å². The first-order valence-corrected chi connectivity index (χ1v) is 11.1. The number of fused-ring (bicyclic) bond motifs is 1. The van der Waals surface area contributed by atoms with Gasteiger partial charge in [0.15, 0.2) is 0 Å². The van der Waals surface area contributed by atoms with Crippen molar-refractivity contribution < 1.29 is 53.3 Å². The van der Waals surface area contributed by atoms with E-state index in [9.17, 15) is 39.6 Å². The lowest BCUT2D eigenvalue weighted by Crippen LogP contribution is -2.47. The van der Waals surface area contributed by atoms with Crippen LogP contribution < -0.4 is 4.13 Å². The van der Waals surface area contributed by atoms with Crippen LogP contribution in [0.2, 0.25) is 0 Å². The van der Waals surface area contributed by atoms with Gasteiger partial charge < -0.3 is 9.47 Å². The van der Waals surface area contributed by atoms with E-state index in [-0.39, 0.29) is 18.6 Å². The molecule has 10 nitrogen and oxygen atoms in total. The molecule has 1 N–H and O–H groups in total. The summed E-state index contributed by atoms with van der Waals surface area (Å²) >= 11 is 0. The number of sulfonamides is 1. The maximum absolute atomic E-state index is 12.4. The van der Waals surface area contributed by atoms with E-state index in [1.807, 2.05) is 0 Å². The highest BCUT2D eigenvalue weighted by molar-refractivity contribution is 8.03. The standard InChI is InChI=1S/C14H16F3NO9S2/c1-5(2)12(19)25-4-8-6-3-7-9(8)13(20)26-10(7)11(6)27-29(23,24)18-28(21,22)14(15,16)17/h6-11,18H,1,3-4H2,2H3. The molecule has 1 heterocycles. The van der Waals surface area contributed by atoms with Crippen LogP contribution in [-0.4, -0.2) is 53.1 Å². The Labute approximate surface area is 163 Å². The zero-order valence-corrected chi connectivity index (χ0v) is 16.3. The number of ether oxygens (including phenoxy) is 2. The summed E-state index contributed by atoms with van der Waals surface area (Å²) in [7, 11) is -11.6. The Morgan fingerprint density at radius 1 is 1.28 bits per heavy atom. The molecule has 1 aliphatic heterocycles. The second-order valence-corrected chi connectivity index (χ2v) is 10.3. The maximum atomic E-state index is 12.4. The van der Waals surface area contributed by atoms with Crippen LogP contribution in [-0.2, 0) is 43.6 Å². The van der Waals surface area contributed by atoms with Crippen LogP contribution >= 0.6 is 0 Å². The fourth-order valence-electron chi connectivity index (χ4n) is 4.14. The van der Waals surface area contributed by atoms with E-state index in [0.717, 1.165) is 0 Å². The molecular weight excluding hydrogens is 447 g/mol. The molecule has 2 bridgehead atoms. The minimum atomic E-state index is -6.23. The van der Waals surface area contributed by atoms with Crippen LogP contribution in [0.1, 0.15) is 13.3 Å². The summed E-state index contributed by atoms with van der Waals surface area (Å²) < 4.78 is 98.5. The molecule has 15 heteroatoms. The van der Waals surface area contributed by atoms with Gasteiger partial charge in [-0.1, -0.05) is 10.7 Å². The normalized spacial score (nSPS) is 33.6. The first-order chi connectivity index (χ1) is 13.1. The average molecular weight is 463 g/mol. The van der Waals surface area contributed by atoms with Crippen LogP contribution in [0.3, 0.4) is 0 Å². The van der Waals surface area contributed by atoms with Crippen molar-refractivity contribution in [1.82, 2.24) is 4.13 Å². The number of hydrogen-bond donors (Lipinski definition) is 1. The third-order valence-electron chi connectivity index (χ3n) is 5.22. The third kappa shape index (κ3) is 3.87. The zero-order chi connectivity index (χ0) is 21.9. The molecule has 0 aromatic rings. The van der Waals surface area contributed by atoms with Crippen molar-refractivity contribution in [3.8, 4) is 0 Å². The Morgan fingerprint density at radius 2 is 1.90 bits per heavy atom. The molecule has 3 rings (SSSR count). The summed E-state index contributed by atoms with van der Waals surface area (Å²) in [4.78, 5) is 23.7. The van der Waals surface area contributed by atoms with E-state index < -0.39 is 73.7 Å². The summed E-state index contributed by atoms with van der Waals surface area (Å²) in [6.45, 7) is 4.51. The summed E-state index contributed by atoms with van der Waals surface area (Å²) in [5.41, 5.74) is -5.78. The first-order valence-electron chi connectivity index (χ1n) is 8.21. The van der Waals surface area contributed by atoms with Gasteiger partial charge in [0.2, 0.25) is 0 Å². The molecule has 0 radical (unpaired) electrons. The van der Waals surface area contributed by atoms with E-state index in [1.165, 1.54) is 6.92 Å². The number of nitrogens with one attached hydrogen (secondary N) is 1. The predicted molar refractivity (Wildman–Crippen MR) is 86.1 cm³/mol. The number of carbonyl (C=O) groups is 2. The lowest BCUT2D eigenvalue weighted by atomic mass is 9.79. The fourth-order valence-corrected chi connectivity index (χ4v) is 6.29. The minimum Gasteiger partial charge on any atom is -0.462 e. The summed E-state index contributed by atoms with van der Waals surface area (Å²) in [5, 5.41) is 0. The minimum absolute atomic E-state index is 0.0944. The second kappa shape index (κ2) is 6.92. The number of halogens is 3. The summed E-state index contributed by atoms with van der Waals surface area (Å²) in [6.07, 6.45) is -2.24. The summed E-state index contributed by atoms with van der Waals surface area (Å²) in [6, 6.07) is 0. The van der Waals surface area contributed by atoms with Crippen molar-refractivity contribution in [1.29, 1.82) is 0 Å². The lowest BCUT2D eigenvalue weighted by Gasteiger charge is -2.30. The highest BCUT2D eigenvalue weighted by Gasteiger charge is 2.68. The molecule has 0 aromatic heterocycles. The number of rotatable bonds is 7. The van der Waals surface area contributed by atoms with Crippen molar-refractivity contribution in [3.05, 3.63) is 12.2 Å². The molecule has 1 saturated heterocycles. The Balaban J connectivity index is 1.78. The smallest absolute Gasteiger partial charge is 0.462 e. The van der Waals surface area contributed by atoms with Gasteiger partial charge in [0, 0.05) is 17.4 Å². The Hall–Kier alpha value is -1.71. The van der Waals surface area contributed by atoms with Gasteiger partial charge >= 0.3 is 37.8 Å². The van der Waals surface area contributed by atoms with Gasteiger partial charge in [0.25, 0.3) is 0 Å². The van der Waals surface area contributed by atoms with Crippen molar-refractivity contribution in [3.63, 3.8) is 0 Å². The SMILES string of the molecule is C=C(C)C(=O)OCC1C2CC3C(OC(=O)C13)C2OS(=O)(=O)NS(=O)(=O)C(F)(F)F. The predicted octanol–water partition coefficient (Wildman–Crippen LogP) is -0.0176. The van der Waals surface area contributed by atoms with Gasteiger partial charge in [-0.15, -0.1) is 0 Å². The first kappa shape index (κ1) is 22.0. The van der Waals surface area contributed by atoms with E-state index in [2.05, 4.69) is 10.8 Å². The number of alkyl halides is 3. The molecule has 2 saturated carbocycles. The molecule has 6 unspecified atom stereocenters. The van der Waals surface area contributed by atoms with Crippen LogP contribution in [0, 0.1) is 23.7 Å². The highest BCUT2D eigenvalue weighted by atomic mass is 32.3. The van der Waals surface area contributed by atoms with Crippen LogP contribution in [0.15, 0.2) is 12.2 Å². The Bertz CT molecular complexity index is 959. The number of esters is 2.